The highest BCUT2D eigenvalue weighted by molar-refractivity contribution is 6.29. The lowest BCUT2D eigenvalue weighted by molar-refractivity contribution is 0.0954. The van der Waals surface area contributed by atoms with Crippen molar-refractivity contribution in [1.82, 2.24) is 9.88 Å². The number of hydrogen-bond donors (Lipinski definition) is 1. The van der Waals surface area contributed by atoms with Crippen LogP contribution in [0.5, 0.6) is 0 Å². The molecule has 0 radical (unpaired) electrons. The molecule has 154 valence electrons. The van der Waals surface area contributed by atoms with Gasteiger partial charge in [0, 0.05) is 31.3 Å². The lowest BCUT2D eigenvalue weighted by atomic mass is 9.84. The fraction of sp³-hybridized carbons (Fsp3) is 0.360. The first-order valence-corrected chi connectivity index (χ1v) is 11.1. The molecule has 1 fully saturated rings. The van der Waals surface area contributed by atoms with E-state index < -0.39 is 0 Å². The molecule has 1 N–H and O–H groups in total. The molecule has 2 atom stereocenters. The minimum absolute atomic E-state index is 0.132. The summed E-state index contributed by atoms with van der Waals surface area (Å²) in [5.41, 5.74) is 4.67. The van der Waals surface area contributed by atoms with E-state index >= 15 is 0 Å². The number of rotatable bonds is 3. The van der Waals surface area contributed by atoms with Gasteiger partial charge in [0.05, 0.1) is 11.8 Å². The van der Waals surface area contributed by atoms with Crippen molar-refractivity contribution in [2.45, 2.75) is 44.8 Å². The Kier molecular flexibility index (Phi) is 5.21. The fourth-order valence-electron chi connectivity index (χ4n) is 4.94. The number of halogens is 1. The van der Waals surface area contributed by atoms with Crippen LogP contribution in [-0.4, -0.2) is 34.0 Å². The Morgan fingerprint density at radius 2 is 1.90 bits per heavy atom. The molecule has 1 saturated carbocycles. The molecule has 0 amide bonds. The summed E-state index contributed by atoms with van der Waals surface area (Å²) in [6.45, 7) is 0.820. The van der Waals surface area contributed by atoms with E-state index in [-0.39, 0.29) is 12.0 Å². The summed E-state index contributed by atoms with van der Waals surface area (Å²) in [6, 6.07) is 14.7. The standard InChI is InChI=1S/C25H26ClN3O/c1-29-15-21-19-7-3-2-6-18(19)17(12-16-10-11-24(26)27-14-16)13-22(21)28-25(29)20-8-4-5-9-23(20)30/h2-3,6-7,10-11,13-14,20,23,30H,4-5,8-9,12,15H2,1H3/t20?,23-/m0/s1. The Balaban J connectivity index is 1.61. The molecule has 2 aromatic carbocycles. The molecule has 30 heavy (non-hydrogen) atoms. The number of aliphatic imine (C=N–C) groups is 1. The van der Waals surface area contributed by atoms with Crippen LogP contribution in [0.3, 0.4) is 0 Å². The number of aliphatic hydroxyl groups excluding tert-OH is 1. The second kappa shape index (κ2) is 8.01. The van der Waals surface area contributed by atoms with Crippen LogP contribution >= 0.6 is 11.6 Å². The number of nitrogens with zero attached hydrogens (tertiary/aromatic N) is 3. The maximum absolute atomic E-state index is 10.6. The molecule has 5 heteroatoms. The van der Waals surface area contributed by atoms with Crippen molar-refractivity contribution in [3.05, 3.63) is 70.5 Å². The minimum atomic E-state index is -0.290. The minimum Gasteiger partial charge on any atom is -0.392 e. The van der Waals surface area contributed by atoms with Crippen LogP contribution in [0, 0.1) is 5.92 Å². The van der Waals surface area contributed by atoms with E-state index in [1.165, 1.54) is 21.9 Å². The van der Waals surface area contributed by atoms with Crippen LogP contribution < -0.4 is 0 Å². The number of pyridine rings is 1. The van der Waals surface area contributed by atoms with Crippen molar-refractivity contribution in [3.8, 4) is 0 Å². The van der Waals surface area contributed by atoms with Gasteiger partial charge < -0.3 is 10.0 Å². The van der Waals surface area contributed by atoms with Gasteiger partial charge >= 0.3 is 0 Å². The van der Waals surface area contributed by atoms with E-state index in [2.05, 4.69) is 47.3 Å². The van der Waals surface area contributed by atoms with E-state index in [4.69, 9.17) is 16.6 Å². The van der Waals surface area contributed by atoms with Crippen molar-refractivity contribution >= 4 is 33.9 Å². The monoisotopic (exact) mass is 419 g/mol. The molecule has 2 heterocycles. The highest BCUT2D eigenvalue weighted by Crippen LogP contribution is 2.38. The first kappa shape index (κ1) is 19.5. The fourth-order valence-corrected chi connectivity index (χ4v) is 5.05. The quantitative estimate of drug-likeness (QED) is 0.570. The van der Waals surface area contributed by atoms with Gasteiger partial charge in [-0.25, -0.2) is 9.98 Å². The van der Waals surface area contributed by atoms with Gasteiger partial charge in [-0.15, -0.1) is 0 Å². The number of fused-ring (bicyclic) bond motifs is 3. The largest absolute Gasteiger partial charge is 0.392 e. The molecule has 1 unspecified atom stereocenters. The van der Waals surface area contributed by atoms with Gasteiger partial charge in [-0.1, -0.05) is 54.8 Å². The van der Waals surface area contributed by atoms with E-state index in [0.29, 0.717) is 5.15 Å². The second-order valence-electron chi connectivity index (χ2n) is 8.53. The summed E-state index contributed by atoms with van der Waals surface area (Å²) in [4.78, 5) is 11.6. The molecule has 1 aliphatic heterocycles. The average Bonchev–Trinajstić information content (AvgIpc) is 2.76. The molecule has 1 aromatic heterocycles. The van der Waals surface area contributed by atoms with Gasteiger partial charge in [-0.2, -0.15) is 0 Å². The summed E-state index contributed by atoms with van der Waals surface area (Å²) in [7, 11) is 2.10. The first-order valence-electron chi connectivity index (χ1n) is 10.7. The number of aliphatic hydroxyl groups is 1. The molecule has 0 spiro atoms. The molecule has 2 aliphatic rings. The van der Waals surface area contributed by atoms with Gasteiger partial charge in [-0.05, 0) is 53.3 Å². The maximum atomic E-state index is 10.6. The Labute approximate surface area is 182 Å². The summed E-state index contributed by atoms with van der Waals surface area (Å²) in [5, 5.41) is 13.6. The summed E-state index contributed by atoms with van der Waals surface area (Å²) < 4.78 is 0. The molecule has 3 aromatic rings. The third-order valence-electron chi connectivity index (χ3n) is 6.48. The van der Waals surface area contributed by atoms with Gasteiger partial charge in [0.25, 0.3) is 0 Å². The van der Waals surface area contributed by atoms with Crippen molar-refractivity contribution in [1.29, 1.82) is 0 Å². The number of aromatic nitrogens is 1. The third kappa shape index (κ3) is 3.59. The summed E-state index contributed by atoms with van der Waals surface area (Å²) >= 11 is 5.97. The Morgan fingerprint density at radius 1 is 1.10 bits per heavy atom. The van der Waals surface area contributed by atoms with Crippen molar-refractivity contribution in [2.75, 3.05) is 7.05 Å². The molecule has 1 aliphatic carbocycles. The van der Waals surface area contributed by atoms with Crippen molar-refractivity contribution in [2.24, 2.45) is 10.9 Å². The van der Waals surface area contributed by atoms with Gasteiger partial charge in [0.1, 0.15) is 11.0 Å². The predicted molar refractivity (Wildman–Crippen MR) is 123 cm³/mol. The topological polar surface area (TPSA) is 48.7 Å². The average molecular weight is 420 g/mol. The highest BCUT2D eigenvalue weighted by Gasteiger charge is 2.32. The zero-order valence-corrected chi connectivity index (χ0v) is 17.9. The van der Waals surface area contributed by atoms with E-state index in [9.17, 15) is 5.11 Å². The zero-order chi connectivity index (χ0) is 20.7. The van der Waals surface area contributed by atoms with E-state index in [0.717, 1.165) is 55.7 Å². The Hall–Kier alpha value is -2.43. The van der Waals surface area contributed by atoms with Crippen LogP contribution in [0.15, 0.2) is 53.7 Å². The van der Waals surface area contributed by atoms with Gasteiger partial charge in [0.2, 0.25) is 0 Å². The molecule has 0 saturated heterocycles. The molecule has 0 bridgehead atoms. The van der Waals surface area contributed by atoms with Crippen molar-refractivity contribution in [3.63, 3.8) is 0 Å². The first-order chi connectivity index (χ1) is 14.6. The lowest BCUT2D eigenvalue weighted by Gasteiger charge is -2.36. The van der Waals surface area contributed by atoms with Gasteiger partial charge in [-0.3, -0.25) is 0 Å². The lowest BCUT2D eigenvalue weighted by Crippen LogP contribution is -2.41. The second-order valence-corrected chi connectivity index (χ2v) is 8.92. The molecular formula is C25H26ClN3O. The van der Waals surface area contributed by atoms with Crippen LogP contribution in [-0.2, 0) is 13.0 Å². The van der Waals surface area contributed by atoms with Crippen LogP contribution in [0.2, 0.25) is 5.15 Å². The van der Waals surface area contributed by atoms with Crippen LogP contribution in [0.1, 0.15) is 42.4 Å². The smallest absolute Gasteiger partial charge is 0.129 e. The highest BCUT2D eigenvalue weighted by atomic mass is 35.5. The van der Waals surface area contributed by atoms with Crippen LogP contribution in [0.4, 0.5) is 5.69 Å². The predicted octanol–water partition coefficient (Wildman–Crippen LogP) is 5.51. The molecular weight excluding hydrogens is 394 g/mol. The number of amidine groups is 1. The number of benzene rings is 2. The zero-order valence-electron chi connectivity index (χ0n) is 17.2. The Morgan fingerprint density at radius 3 is 2.67 bits per heavy atom. The SMILES string of the molecule is CN1Cc2c(cc(Cc3ccc(Cl)nc3)c3ccccc23)N=C1C1CCCC[C@@H]1O. The van der Waals surface area contributed by atoms with E-state index in [1.807, 2.05) is 18.3 Å². The Bertz CT molecular complexity index is 1110. The summed E-state index contributed by atoms with van der Waals surface area (Å²) in [6.07, 6.45) is 6.49. The number of hydrogen-bond acceptors (Lipinski definition) is 4. The maximum Gasteiger partial charge on any atom is 0.129 e. The normalized spacial score (nSPS) is 21.4. The summed E-state index contributed by atoms with van der Waals surface area (Å²) in [5.74, 6) is 1.16. The van der Waals surface area contributed by atoms with Crippen LogP contribution in [0.25, 0.3) is 10.8 Å². The third-order valence-corrected chi connectivity index (χ3v) is 6.71. The van der Waals surface area contributed by atoms with E-state index in [1.54, 1.807) is 0 Å². The van der Waals surface area contributed by atoms with Crippen molar-refractivity contribution < 1.29 is 5.11 Å². The van der Waals surface area contributed by atoms with Gasteiger partial charge in [0.15, 0.2) is 0 Å². The molecule has 5 rings (SSSR count). The molecule has 4 nitrogen and oxygen atoms in total.